The van der Waals surface area contributed by atoms with Crippen LogP contribution in [-0.2, 0) is 9.53 Å². The van der Waals surface area contributed by atoms with Crippen LogP contribution in [-0.4, -0.2) is 37.6 Å². The summed E-state index contributed by atoms with van der Waals surface area (Å²) >= 11 is 0. The maximum Gasteiger partial charge on any atom is 0.341 e. The molecule has 0 aliphatic carbocycles. The maximum atomic E-state index is 11.9. The Bertz CT molecular complexity index is 478. The van der Waals surface area contributed by atoms with Crippen molar-refractivity contribution in [3.63, 3.8) is 0 Å². The fraction of sp³-hybridized carbons (Fsp3) is 0.462. The summed E-state index contributed by atoms with van der Waals surface area (Å²) in [6.45, 7) is 3.48. The summed E-state index contributed by atoms with van der Waals surface area (Å²) in [6.07, 6.45) is 2.23. The fourth-order valence-electron chi connectivity index (χ4n) is 1.74. The van der Waals surface area contributed by atoms with Gasteiger partial charge < -0.3 is 15.0 Å². The zero-order chi connectivity index (χ0) is 14.3. The van der Waals surface area contributed by atoms with E-state index < -0.39 is 5.97 Å². The Morgan fingerprint density at radius 2 is 2.21 bits per heavy atom. The topological polar surface area (TPSA) is 89.1 Å². The molecular weight excluding hydrogens is 244 g/mol. The van der Waals surface area contributed by atoms with Gasteiger partial charge >= 0.3 is 5.97 Å². The zero-order valence-corrected chi connectivity index (χ0v) is 11.1. The van der Waals surface area contributed by atoms with Crippen molar-refractivity contribution >= 4 is 5.97 Å². The summed E-state index contributed by atoms with van der Waals surface area (Å²) in [5.41, 5.74) is 0.0819. The Kier molecular flexibility index (Phi) is 5.43. The molecule has 19 heavy (non-hydrogen) atoms. The molecule has 1 aliphatic heterocycles. The lowest BCUT2D eigenvalue weighted by Gasteiger charge is -2.30. The van der Waals surface area contributed by atoms with E-state index in [-0.39, 0.29) is 17.8 Å². The second-order valence-corrected chi connectivity index (χ2v) is 3.97. The lowest BCUT2D eigenvalue weighted by molar-refractivity contribution is -0.138. The minimum Gasteiger partial charge on any atom is -0.462 e. The van der Waals surface area contributed by atoms with Crippen LogP contribution in [0.4, 0.5) is 0 Å². The van der Waals surface area contributed by atoms with Gasteiger partial charge in [0.1, 0.15) is 29.1 Å². The highest BCUT2D eigenvalue weighted by atomic mass is 16.5. The van der Waals surface area contributed by atoms with Gasteiger partial charge in [-0.15, -0.1) is 0 Å². The first-order chi connectivity index (χ1) is 9.13. The SMILES string of the molecule is CCOC(=O)/C(C=C(C#N)C#N)=C1/NCCCN1C. The highest BCUT2D eigenvalue weighted by molar-refractivity contribution is 5.93. The highest BCUT2D eigenvalue weighted by Crippen LogP contribution is 2.15. The first-order valence-electron chi connectivity index (χ1n) is 6.02. The molecule has 1 N–H and O–H groups in total. The standard InChI is InChI=1S/C13H16N4O2/c1-3-19-13(18)11(7-10(8-14)9-15)12-16-5-4-6-17(12)2/h7,16H,3-6H2,1-2H3/b12-11-. The first kappa shape index (κ1) is 14.6. The van der Waals surface area contributed by atoms with Gasteiger partial charge in [-0.1, -0.05) is 0 Å². The van der Waals surface area contributed by atoms with Crippen molar-refractivity contribution in [2.24, 2.45) is 0 Å². The largest absolute Gasteiger partial charge is 0.462 e. The molecule has 1 fully saturated rings. The van der Waals surface area contributed by atoms with Crippen LogP contribution in [0.15, 0.2) is 23.0 Å². The van der Waals surface area contributed by atoms with E-state index in [1.807, 2.05) is 11.9 Å². The van der Waals surface area contributed by atoms with Gasteiger partial charge in [0.05, 0.1) is 6.61 Å². The lowest BCUT2D eigenvalue weighted by atomic mass is 10.1. The minimum atomic E-state index is -0.540. The van der Waals surface area contributed by atoms with Crippen LogP contribution in [0.3, 0.4) is 0 Å². The summed E-state index contributed by atoms with van der Waals surface area (Å²) < 4.78 is 4.97. The molecule has 0 radical (unpaired) electrons. The number of allylic oxidation sites excluding steroid dienone is 1. The molecule has 100 valence electrons. The Hall–Kier alpha value is -2.47. The predicted octanol–water partition coefficient (Wildman–Crippen LogP) is 0.660. The third-order valence-corrected chi connectivity index (χ3v) is 2.62. The van der Waals surface area contributed by atoms with Gasteiger partial charge in [0.2, 0.25) is 0 Å². The number of carbonyl (C=O) groups is 1. The molecule has 0 unspecified atom stereocenters. The number of hydrogen-bond acceptors (Lipinski definition) is 6. The van der Waals surface area contributed by atoms with Crippen LogP contribution in [0.5, 0.6) is 0 Å². The van der Waals surface area contributed by atoms with E-state index in [0.717, 1.165) is 19.5 Å². The molecular formula is C13H16N4O2. The fourth-order valence-corrected chi connectivity index (χ4v) is 1.74. The zero-order valence-electron chi connectivity index (χ0n) is 11.1. The second kappa shape index (κ2) is 7.07. The average molecular weight is 260 g/mol. The number of rotatable bonds is 3. The van der Waals surface area contributed by atoms with E-state index >= 15 is 0 Å². The normalized spacial score (nSPS) is 16.5. The smallest absolute Gasteiger partial charge is 0.341 e. The maximum absolute atomic E-state index is 11.9. The van der Waals surface area contributed by atoms with E-state index in [4.69, 9.17) is 15.3 Å². The Labute approximate surface area is 112 Å². The summed E-state index contributed by atoms with van der Waals surface area (Å²) in [4.78, 5) is 13.8. The highest BCUT2D eigenvalue weighted by Gasteiger charge is 2.21. The number of esters is 1. The second-order valence-electron chi connectivity index (χ2n) is 3.97. The molecule has 0 aromatic rings. The molecule has 1 heterocycles. The van der Waals surface area contributed by atoms with Gasteiger partial charge in [0.15, 0.2) is 0 Å². The van der Waals surface area contributed by atoms with Crippen molar-refractivity contribution in [3.05, 3.63) is 23.0 Å². The third kappa shape index (κ3) is 3.75. The van der Waals surface area contributed by atoms with Crippen molar-refractivity contribution in [3.8, 4) is 12.1 Å². The summed E-state index contributed by atoms with van der Waals surface area (Å²) in [6, 6.07) is 3.49. The van der Waals surface area contributed by atoms with Gasteiger partial charge in [-0.2, -0.15) is 10.5 Å². The van der Waals surface area contributed by atoms with E-state index in [9.17, 15) is 4.79 Å². The van der Waals surface area contributed by atoms with Crippen molar-refractivity contribution < 1.29 is 9.53 Å². The quantitative estimate of drug-likeness (QED) is 0.455. The molecule has 0 amide bonds. The molecule has 0 aromatic heterocycles. The molecule has 0 spiro atoms. The number of nitrogens with one attached hydrogen (secondary N) is 1. The molecule has 6 heteroatoms. The predicted molar refractivity (Wildman–Crippen MR) is 68.2 cm³/mol. The molecule has 0 bridgehead atoms. The van der Waals surface area contributed by atoms with Gasteiger partial charge in [-0.05, 0) is 19.4 Å². The molecule has 1 rings (SSSR count). The van der Waals surface area contributed by atoms with E-state index in [1.54, 1.807) is 19.1 Å². The Morgan fingerprint density at radius 3 is 2.74 bits per heavy atom. The van der Waals surface area contributed by atoms with Crippen molar-refractivity contribution in [1.82, 2.24) is 10.2 Å². The van der Waals surface area contributed by atoms with Crippen LogP contribution in [0.25, 0.3) is 0 Å². The molecule has 0 aromatic carbocycles. The summed E-state index contributed by atoms with van der Waals surface area (Å²) in [7, 11) is 1.84. The summed E-state index contributed by atoms with van der Waals surface area (Å²) in [5.74, 6) is 0.0504. The van der Waals surface area contributed by atoms with Crippen LogP contribution in [0, 0.1) is 22.7 Å². The van der Waals surface area contributed by atoms with Crippen LogP contribution >= 0.6 is 0 Å². The Balaban J connectivity index is 3.23. The van der Waals surface area contributed by atoms with Gasteiger partial charge in [0.25, 0.3) is 0 Å². The minimum absolute atomic E-state index is 0.128. The average Bonchev–Trinajstić information content (AvgIpc) is 2.42. The van der Waals surface area contributed by atoms with Crippen molar-refractivity contribution in [1.29, 1.82) is 10.5 Å². The molecule has 6 nitrogen and oxygen atoms in total. The van der Waals surface area contributed by atoms with Gasteiger partial charge in [-0.25, -0.2) is 4.79 Å². The monoisotopic (exact) mass is 260 g/mol. The lowest BCUT2D eigenvalue weighted by Crippen LogP contribution is -2.38. The Morgan fingerprint density at radius 1 is 1.53 bits per heavy atom. The van der Waals surface area contributed by atoms with E-state index in [2.05, 4.69) is 5.32 Å². The van der Waals surface area contributed by atoms with E-state index in [0.29, 0.717) is 5.82 Å². The number of nitrogens with zero attached hydrogens (tertiary/aromatic N) is 3. The summed E-state index contributed by atoms with van der Waals surface area (Å²) in [5, 5.41) is 20.7. The first-order valence-corrected chi connectivity index (χ1v) is 6.02. The number of ether oxygens (including phenoxy) is 1. The molecule has 1 saturated heterocycles. The number of hydrogen-bond donors (Lipinski definition) is 1. The molecule has 0 atom stereocenters. The van der Waals surface area contributed by atoms with Crippen molar-refractivity contribution in [2.45, 2.75) is 13.3 Å². The van der Waals surface area contributed by atoms with Crippen LogP contribution in [0.1, 0.15) is 13.3 Å². The van der Waals surface area contributed by atoms with Crippen LogP contribution < -0.4 is 5.32 Å². The van der Waals surface area contributed by atoms with E-state index in [1.165, 1.54) is 6.08 Å². The third-order valence-electron chi connectivity index (χ3n) is 2.62. The number of carbonyl (C=O) groups excluding carboxylic acids is 1. The number of nitriles is 2. The van der Waals surface area contributed by atoms with Crippen molar-refractivity contribution in [2.75, 3.05) is 26.7 Å². The van der Waals surface area contributed by atoms with Crippen LogP contribution in [0.2, 0.25) is 0 Å². The molecule has 1 aliphatic rings. The van der Waals surface area contributed by atoms with Gasteiger partial charge in [0, 0.05) is 20.1 Å². The molecule has 0 saturated carbocycles. The van der Waals surface area contributed by atoms with Gasteiger partial charge in [-0.3, -0.25) is 0 Å².